The minimum atomic E-state index is 0.287. The van der Waals surface area contributed by atoms with Crippen LogP contribution in [0.4, 0.5) is 0 Å². The summed E-state index contributed by atoms with van der Waals surface area (Å²) < 4.78 is 1.36. The van der Waals surface area contributed by atoms with E-state index >= 15 is 0 Å². The molecule has 1 aliphatic heterocycles. The van der Waals surface area contributed by atoms with Gasteiger partial charge in [-0.3, -0.25) is 9.69 Å². The maximum absolute atomic E-state index is 12.5. The molecular formula is C22H24N2OS. The van der Waals surface area contributed by atoms with Crippen LogP contribution in [-0.2, 0) is 17.8 Å². The number of hydrogen-bond acceptors (Lipinski definition) is 3. The molecule has 1 saturated heterocycles. The Bertz CT molecular complexity index is 866. The van der Waals surface area contributed by atoms with Crippen LogP contribution >= 0.6 is 11.3 Å². The van der Waals surface area contributed by atoms with Crippen molar-refractivity contribution in [3.63, 3.8) is 0 Å². The predicted molar refractivity (Wildman–Crippen MR) is 108 cm³/mol. The summed E-state index contributed by atoms with van der Waals surface area (Å²) in [5.74, 6) is 0.287. The van der Waals surface area contributed by atoms with Gasteiger partial charge >= 0.3 is 0 Å². The van der Waals surface area contributed by atoms with Crippen LogP contribution in [-0.4, -0.2) is 41.9 Å². The first-order valence-corrected chi connectivity index (χ1v) is 10.2. The zero-order chi connectivity index (χ0) is 17.8. The zero-order valence-electron chi connectivity index (χ0n) is 14.9. The van der Waals surface area contributed by atoms with Gasteiger partial charge < -0.3 is 4.90 Å². The van der Waals surface area contributed by atoms with Gasteiger partial charge in [0.1, 0.15) is 0 Å². The van der Waals surface area contributed by atoms with E-state index in [1.54, 1.807) is 0 Å². The van der Waals surface area contributed by atoms with Crippen molar-refractivity contribution in [1.82, 2.24) is 9.80 Å². The highest BCUT2D eigenvalue weighted by molar-refractivity contribution is 7.17. The second kappa shape index (κ2) is 8.02. The Morgan fingerprint density at radius 2 is 1.65 bits per heavy atom. The first-order chi connectivity index (χ1) is 12.8. The van der Waals surface area contributed by atoms with Gasteiger partial charge in [-0.2, -0.15) is 0 Å². The van der Waals surface area contributed by atoms with Crippen molar-refractivity contribution in [3.8, 4) is 0 Å². The number of aryl methyl sites for hydroxylation is 1. The molecule has 0 N–H and O–H groups in total. The molecule has 3 nitrogen and oxygen atoms in total. The zero-order valence-corrected chi connectivity index (χ0v) is 15.8. The van der Waals surface area contributed by atoms with Crippen LogP contribution in [0.25, 0.3) is 10.1 Å². The van der Waals surface area contributed by atoms with Crippen LogP contribution in [0, 0.1) is 0 Å². The van der Waals surface area contributed by atoms with Crippen molar-refractivity contribution in [1.29, 1.82) is 0 Å². The summed E-state index contributed by atoms with van der Waals surface area (Å²) in [7, 11) is 0. The average molecular weight is 365 g/mol. The highest BCUT2D eigenvalue weighted by Gasteiger charge is 2.21. The minimum Gasteiger partial charge on any atom is -0.340 e. The standard InChI is InChI=1S/C22H24N2OS/c25-22(11-10-18-6-2-1-3-7-18)24-14-12-23(13-15-24)16-19-17-26-21-9-5-4-8-20(19)21/h1-9,17H,10-16H2. The number of benzene rings is 2. The number of fused-ring (bicyclic) bond motifs is 1. The number of rotatable bonds is 5. The molecule has 0 radical (unpaired) electrons. The Morgan fingerprint density at radius 1 is 0.923 bits per heavy atom. The van der Waals surface area contributed by atoms with E-state index < -0.39 is 0 Å². The molecule has 0 aliphatic carbocycles. The number of piperazine rings is 1. The van der Waals surface area contributed by atoms with E-state index in [0.717, 1.165) is 39.1 Å². The minimum absolute atomic E-state index is 0.287. The smallest absolute Gasteiger partial charge is 0.222 e. The molecule has 0 atom stereocenters. The number of thiophene rings is 1. The second-order valence-corrected chi connectivity index (χ2v) is 7.81. The number of amides is 1. The lowest BCUT2D eigenvalue weighted by molar-refractivity contribution is -0.132. The molecule has 4 rings (SSSR count). The molecule has 26 heavy (non-hydrogen) atoms. The summed E-state index contributed by atoms with van der Waals surface area (Å²) >= 11 is 1.82. The van der Waals surface area contributed by atoms with Crippen molar-refractivity contribution < 1.29 is 4.79 Å². The van der Waals surface area contributed by atoms with Gasteiger partial charge in [-0.25, -0.2) is 0 Å². The quantitative estimate of drug-likeness (QED) is 0.678. The molecule has 2 heterocycles. The third-order valence-corrected chi connectivity index (χ3v) is 6.16. The molecule has 134 valence electrons. The summed E-state index contributed by atoms with van der Waals surface area (Å²) in [6.07, 6.45) is 1.44. The molecular weight excluding hydrogens is 340 g/mol. The number of carbonyl (C=O) groups excluding carboxylic acids is 1. The summed E-state index contributed by atoms with van der Waals surface area (Å²) in [4.78, 5) is 17.0. The third kappa shape index (κ3) is 3.97. The molecule has 4 heteroatoms. The van der Waals surface area contributed by atoms with Crippen molar-refractivity contribution >= 4 is 27.3 Å². The van der Waals surface area contributed by atoms with Gasteiger partial charge in [0.05, 0.1) is 0 Å². The fraction of sp³-hybridized carbons (Fsp3) is 0.318. The first-order valence-electron chi connectivity index (χ1n) is 9.29. The highest BCUT2D eigenvalue weighted by atomic mass is 32.1. The molecule has 1 amide bonds. The Kier molecular flexibility index (Phi) is 5.32. The van der Waals surface area contributed by atoms with Crippen LogP contribution in [0.5, 0.6) is 0 Å². The highest BCUT2D eigenvalue weighted by Crippen LogP contribution is 2.27. The molecule has 1 aromatic heterocycles. The molecule has 2 aromatic carbocycles. The number of nitrogens with zero attached hydrogens (tertiary/aromatic N) is 2. The molecule has 0 saturated carbocycles. The SMILES string of the molecule is O=C(CCc1ccccc1)N1CCN(Cc2csc3ccccc23)CC1. The van der Waals surface area contributed by atoms with E-state index in [9.17, 15) is 4.79 Å². The van der Waals surface area contributed by atoms with E-state index in [2.05, 4.69) is 46.7 Å². The predicted octanol–water partition coefficient (Wildman–Crippen LogP) is 4.18. The van der Waals surface area contributed by atoms with Crippen LogP contribution < -0.4 is 0 Å². The molecule has 1 fully saturated rings. The average Bonchev–Trinajstić information content (AvgIpc) is 3.10. The van der Waals surface area contributed by atoms with E-state index in [1.165, 1.54) is 21.2 Å². The van der Waals surface area contributed by atoms with Crippen LogP contribution in [0.1, 0.15) is 17.5 Å². The van der Waals surface area contributed by atoms with Crippen molar-refractivity contribution in [2.75, 3.05) is 26.2 Å². The molecule has 0 unspecified atom stereocenters. The van der Waals surface area contributed by atoms with Crippen molar-refractivity contribution in [2.24, 2.45) is 0 Å². The van der Waals surface area contributed by atoms with Crippen LogP contribution in [0.3, 0.4) is 0 Å². The topological polar surface area (TPSA) is 23.6 Å². The van der Waals surface area contributed by atoms with Crippen LogP contribution in [0.15, 0.2) is 60.0 Å². The van der Waals surface area contributed by atoms with E-state index in [1.807, 2.05) is 34.4 Å². The summed E-state index contributed by atoms with van der Waals surface area (Å²) in [6.45, 7) is 4.59. The summed E-state index contributed by atoms with van der Waals surface area (Å²) in [5.41, 5.74) is 2.65. The second-order valence-electron chi connectivity index (χ2n) is 6.90. The lowest BCUT2D eigenvalue weighted by Gasteiger charge is -2.34. The first kappa shape index (κ1) is 17.3. The Balaban J connectivity index is 1.28. The molecule has 0 spiro atoms. The van der Waals surface area contributed by atoms with Gasteiger partial charge in [0.25, 0.3) is 0 Å². The van der Waals surface area contributed by atoms with E-state index in [0.29, 0.717) is 6.42 Å². The lowest BCUT2D eigenvalue weighted by atomic mass is 10.1. The summed E-state index contributed by atoms with van der Waals surface area (Å²) in [6, 6.07) is 18.9. The molecule has 1 aliphatic rings. The Morgan fingerprint density at radius 3 is 2.46 bits per heavy atom. The Labute approximate surface area is 158 Å². The monoisotopic (exact) mass is 364 g/mol. The fourth-order valence-electron chi connectivity index (χ4n) is 3.61. The lowest BCUT2D eigenvalue weighted by Crippen LogP contribution is -2.48. The van der Waals surface area contributed by atoms with Crippen molar-refractivity contribution in [2.45, 2.75) is 19.4 Å². The number of hydrogen-bond donors (Lipinski definition) is 0. The fourth-order valence-corrected chi connectivity index (χ4v) is 4.56. The van der Waals surface area contributed by atoms with E-state index in [-0.39, 0.29) is 5.91 Å². The van der Waals surface area contributed by atoms with Gasteiger partial charge in [-0.05, 0) is 34.4 Å². The maximum atomic E-state index is 12.5. The largest absolute Gasteiger partial charge is 0.340 e. The Hall–Kier alpha value is -2.17. The van der Waals surface area contributed by atoms with Crippen LogP contribution in [0.2, 0.25) is 0 Å². The maximum Gasteiger partial charge on any atom is 0.222 e. The van der Waals surface area contributed by atoms with Crippen molar-refractivity contribution in [3.05, 3.63) is 71.1 Å². The number of carbonyl (C=O) groups is 1. The van der Waals surface area contributed by atoms with E-state index in [4.69, 9.17) is 0 Å². The van der Waals surface area contributed by atoms with Gasteiger partial charge in [0, 0.05) is 43.8 Å². The molecule has 0 bridgehead atoms. The third-order valence-electron chi connectivity index (χ3n) is 5.15. The summed E-state index contributed by atoms with van der Waals surface area (Å²) in [5, 5.41) is 3.65. The van der Waals surface area contributed by atoms with Gasteiger partial charge in [0.15, 0.2) is 0 Å². The van der Waals surface area contributed by atoms with Gasteiger partial charge in [-0.1, -0.05) is 48.5 Å². The van der Waals surface area contributed by atoms with Gasteiger partial charge in [0.2, 0.25) is 5.91 Å². The van der Waals surface area contributed by atoms with Gasteiger partial charge in [-0.15, -0.1) is 11.3 Å². The normalized spacial score (nSPS) is 15.5. The molecule has 3 aromatic rings.